The molecular formula is C17H31N5O6. The maximum Gasteiger partial charge on any atom is 0.326 e. The van der Waals surface area contributed by atoms with E-state index in [0.29, 0.717) is 38.8 Å². The summed E-state index contributed by atoms with van der Waals surface area (Å²) in [4.78, 5) is 49.6. The summed E-state index contributed by atoms with van der Waals surface area (Å²) in [5, 5.41) is 23.4. The summed E-state index contributed by atoms with van der Waals surface area (Å²) in [6, 6.07) is -4.00. The Morgan fingerprint density at radius 3 is 2.39 bits per heavy atom. The number of nitrogens with one attached hydrogen (secondary N) is 2. The number of carbonyl (C=O) groups excluding carboxylic acids is 3. The van der Waals surface area contributed by atoms with Crippen LogP contribution in [0.5, 0.6) is 0 Å². The number of aliphatic carboxylic acids is 1. The van der Waals surface area contributed by atoms with Gasteiger partial charge in [-0.2, -0.15) is 0 Å². The second-order valence-electron chi connectivity index (χ2n) is 6.91. The van der Waals surface area contributed by atoms with Crippen molar-refractivity contribution in [2.75, 3.05) is 19.7 Å². The molecule has 1 saturated heterocycles. The molecule has 0 aromatic heterocycles. The zero-order chi connectivity index (χ0) is 21.3. The van der Waals surface area contributed by atoms with Crippen molar-refractivity contribution >= 4 is 23.7 Å². The van der Waals surface area contributed by atoms with Crippen LogP contribution in [0.2, 0.25) is 0 Å². The summed E-state index contributed by atoms with van der Waals surface area (Å²) in [5.74, 6) is -2.97. The van der Waals surface area contributed by atoms with E-state index >= 15 is 0 Å². The number of carboxylic acid groups (broad SMARTS) is 1. The van der Waals surface area contributed by atoms with Crippen LogP contribution in [0.1, 0.15) is 39.0 Å². The number of carbonyl (C=O) groups is 4. The van der Waals surface area contributed by atoms with Gasteiger partial charge in [-0.1, -0.05) is 0 Å². The van der Waals surface area contributed by atoms with Gasteiger partial charge in [0, 0.05) is 6.54 Å². The van der Waals surface area contributed by atoms with Crippen molar-refractivity contribution in [1.82, 2.24) is 15.5 Å². The van der Waals surface area contributed by atoms with Gasteiger partial charge in [0.25, 0.3) is 0 Å². The molecule has 0 aromatic carbocycles. The lowest BCUT2D eigenvalue weighted by Crippen LogP contribution is -2.57. The number of carboxylic acids is 1. The van der Waals surface area contributed by atoms with Gasteiger partial charge in [-0.25, -0.2) is 4.79 Å². The van der Waals surface area contributed by atoms with Gasteiger partial charge in [0.05, 0.1) is 12.6 Å². The lowest BCUT2D eigenvalue weighted by Gasteiger charge is -2.27. The molecule has 0 radical (unpaired) electrons. The normalized spacial score (nSPS) is 19.6. The Bertz CT molecular complexity index is 570. The van der Waals surface area contributed by atoms with Crippen LogP contribution in [0.3, 0.4) is 0 Å². The van der Waals surface area contributed by atoms with E-state index in [0.717, 1.165) is 0 Å². The van der Waals surface area contributed by atoms with E-state index in [1.165, 1.54) is 11.8 Å². The number of hydrogen-bond acceptors (Lipinski definition) is 7. The fourth-order valence-corrected chi connectivity index (χ4v) is 3.05. The molecule has 11 nitrogen and oxygen atoms in total. The number of aliphatic hydroxyl groups excluding tert-OH is 1. The molecule has 1 aliphatic rings. The van der Waals surface area contributed by atoms with E-state index in [4.69, 9.17) is 11.5 Å². The number of hydrogen-bond donors (Lipinski definition) is 6. The van der Waals surface area contributed by atoms with Crippen molar-refractivity contribution < 1.29 is 29.4 Å². The van der Waals surface area contributed by atoms with Gasteiger partial charge in [0.2, 0.25) is 17.7 Å². The van der Waals surface area contributed by atoms with E-state index in [1.54, 1.807) is 0 Å². The molecule has 1 rings (SSSR count). The zero-order valence-electron chi connectivity index (χ0n) is 16.1. The highest BCUT2D eigenvalue weighted by molar-refractivity contribution is 5.94. The fourth-order valence-electron chi connectivity index (χ4n) is 3.05. The van der Waals surface area contributed by atoms with Gasteiger partial charge < -0.3 is 37.2 Å². The number of rotatable bonds is 11. The molecule has 0 bridgehead atoms. The largest absolute Gasteiger partial charge is 0.480 e. The number of aliphatic hydroxyl groups is 1. The summed E-state index contributed by atoms with van der Waals surface area (Å²) >= 11 is 0. The quantitative estimate of drug-likeness (QED) is 0.205. The van der Waals surface area contributed by atoms with Crippen molar-refractivity contribution in [1.29, 1.82) is 0 Å². The van der Waals surface area contributed by atoms with Crippen LogP contribution in [-0.4, -0.2) is 82.7 Å². The fraction of sp³-hybridized carbons (Fsp3) is 0.765. The third kappa shape index (κ3) is 6.73. The Hall–Kier alpha value is -2.24. The van der Waals surface area contributed by atoms with Crippen molar-refractivity contribution in [2.45, 2.75) is 63.2 Å². The monoisotopic (exact) mass is 401 g/mol. The highest BCUT2D eigenvalue weighted by Gasteiger charge is 2.37. The van der Waals surface area contributed by atoms with Gasteiger partial charge >= 0.3 is 5.97 Å². The second-order valence-corrected chi connectivity index (χ2v) is 6.91. The molecule has 1 heterocycles. The molecule has 1 aliphatic heterocycles. The molecule has 11 heteroatoms. The van der Waals surface area contributed by atoms with Crippen molar-refractivity contribution in [3.63, 3.8) is 0 Å². The molecule has 1 fully saturated rings. The maximum atomic E-state index is 12.5. The molecule has 0 aromatic rings. The highest BCUT2D eigenvalue weighted by Crippen LogP contribution is 2.18. The van der Waals surface area contributed by atoms with Crippen LogP contribution >= 0.6 is 0 Å². The minimum Gasteiger partial charge on any atom is -0.480 e. The molecule has 0 aliphatic carbocycles. The summed E-state index contributed by atoms with van der Waals surface area (Å²) in [6.45, 7) is 1.61. The van der Waals surface area contributed by atoms with Crippen LogP contribution in [0.15, 0.2) is 0 Å². The van der Waals surface area contributed by atoms with E-state index in [-0.39, 0.29) is 12.3 Å². The Kier molecular flexibility index (Phi) is 9.83. The predicted molar refractivity (Wildman–Crippen MR) is 99.9 cm³/mol. The summed E-state index contributed by atoms with van der Waals surface area (Å²) in [7, 11) is 0. The van der Waals surface area contributed by atoms with Crippen LogP contribution in [0.25, 0.3) is 0 Å². The van der Waals surface area contributed by atoms with E-state index in [9.17, 15) is 29.4 Å². The van der Waals surface area contributed by atoms with Gasteiger partial charge in [-0.3, -0.25) is 14.4 Å². The second kappa shape index (κ2) is 11.6. The Balaban J connectivity index is 2.70. The number of amides is 3. The average molecular weight is 401 g/mol. The van der Waals surface area contributed by atoms with E-state index in [2.05, 4.69) is 10.6 Å². The van der Waals surface area contributed by atoms with Crippen molar-refractivity contribution in [2.24, 2.45) is 11.5 Å². The standard InChI is InChI=1S/C17H31N5O6/c1-10(19)16(26)22-8-4-6-13(22)15(25)21-12(9-23)14(24)20-11(17(27)28)5-2-3-7-18/h10-13,23H,2-9,18-19H2,1H3,(H,20,24)(H,21,25)(H,27,28)/t10-,11-,12-,13-/m0/s1. The Morgan fingerprint density at radius 2 is 1.86 bits per heavy atom. The summed E-state index contributed by atoms with van der Waals surface area (Å²) in [6.07, 6.45) is 2.35. The van der Waals surface area contributed by atoms with Gasteiger partial charge in [-0.15, -0.1) is 0 Å². The highest BCUT2D eigenvalue weighted by atomic mass is 16.4. The van der Waals surface area contributed by atoms with E-state index in [1.807, 2.05) is 0 Å². The van der Waals surface area contributed by atoms with Crippen LogP contribution < -0.4 is 22.1 Å². The number of likely N-dealkylation sites (tertiary alicyclic amines) is 1. The topological polar surface area (TPSA) is 188 Å². The molecule has 160 valence electrons. The lowest BCUT2D eigenvalue weighted by atomic mass is 10.1. The Morgan fingerprint density at radius 1 is 1.18 bits per heavy atom. The average Bonchev–Trinajstić information content (AvgIpc) is 3.13. The van der Waals surface area contributed by atoms with E-state index < -0.39 is 48.6 Å². The van der Waals surface area contributed by atoms with Crippen molar-refractivity contribution in [3.8, 4) is 0 Å². The first-order valence-electron chi connectivity index (χ1n) is 9.43. The minimum atomic E-state index is -1.32. The molecule has 0 spiro atoms. The molecular weight excluding hydrogens is 370 g/mol. The van der Waals surface area contributed by atoms with Crippen LogP contribution in [-0.2, 0) is 19.2 Å². The van der Waals surface area contributed by atoms with Gasteiger partial charge in [-0.05, 0) is 45.6 Å². The van der Waals surface area contributed by atoms with Crippen molar-refractivity contribution in [3.05, 3.63) is 0 Å². The Labute approximate surface area is 163 Å². The first-order valence-corrected chi connectivity index (χ1v) is 9.43. The van der Waals surface area contributed by atoms with Gasteiger partial charge in [0.15, 0.2) is 0 Å². The molecule has 3 amide bonds. The molecule has 4 atom stereocenters. The van der Waals surface area contributed by atoms with Crippen LogP contribution in [0, 0.1) is 0 Å². The first-order chi connectivity index (χ1) is 13.2. The number of nitrogens with zero attached hydrogens (tertiary/aromatic N) is 1. The smallest absolute Gasteiger partial charge is 0.326 e. The number of nitrogens with two attached hydrogens (primary N) is 2. The maximum absolute atomic E-state index is 12.5. The molecule has 0 saturated carbocycles. The van der Waals surface area contributed by atoms with Crippen LogP contribution in [0.4, 0.5) is 0 Å². The SMILES string of the molecule is C[C@H](N)C(=O)N1CCC[C@H]1C(=O)N[C@@H](CO)C(=O)N[C@@H](CCCCN)C(=O)O. The minimum absolute atomic E-state index is 0.184. The van der Waals surface area contributed by atoms with Gasteiger partial charge in [0.1, 0.15) is 18.1 Å². The summed E-state index contributed by atoms with van der Waals surface area (Å²) < 4.78 is 0. The zero-order valence-corrected chi connectivity index (χ0v) is 16.1. The molecule has 28 heavy (non-hydrogen) atoms. The summed E-state index contributed by atoms with van der Waals surface area (Å²) in [5.41, 5.74) is 11.0. The molecule has 0 unspecified atom stereocenters. The third-order valence-corrected chi connectivity index (χ3v) is 4.61. The third-order valence-electron chi connectivity index (χ3n) is 4.61. The lowest BCUT2D eigenvalue weighted by molar-refractivity contribution is -0.143. The first kappa shape index (κ1) is 23.8. The number of unbranched alkanes of at least 4 members (excludes halogenated alkanes) is 1. The predicted octanol–water partition coefficient (Wildman–Crippen LogP) is -2.50. The molecule has 8 N–H and O–H groups in total.